The molecule has 12 heteroatoms. The first kappa shape index (κ1) is 26.9. The quantitative estimate of drug-likeness (QED) is 0.198. The van der Waals surface area contributed by atoms with Gasteiger partial charge in [0, 0.05) is 6.42 Å². The number of aliphatic carboxylic acids is 2. The normalized spacial score (nSPS) is 13.3. The summed E-state index contributed by atoms with van der Waals surface area (Å²) in [4.78, 5) is 59.0. The van der Waals surface area contributed by atoms with Gasteiger partial charge in [-0.2, -0.15) is 11.8 Å². The van der Waals surface area contributed by atoms with Crippen LogP contribution in [0.5, 0.6) is 0 Å². The average Bonchev–Trinajstić information content (AvgIpc) is 2.74. The number of carbonyl (C=O) groups is 5. The maximum absolute atomic E-state index is 12.6. The minimum Gasteiger partial charge on any atom is -0.481 e. The molecule has 0 aliphatic heterocycles. The SMILES string of the molecule is CSCCC(NC(=O)CNC(=O)C(Cc1ccccc1)NC(=O)C(N)CC(=O)O)C(=O)O. The molecule has 0 aliphatic carbocycles. The summed E-state index contributed by atoms with van der Waals surface area (Å²) in [6.07, 6.45) is 1.50. The fourth-order valence-electron chi connectivity index (χ4n) is 2.65. The topological polar surface area (TPSA) is 188 Å². The molecule has 0 saturated heterocycles. The van der Waals surface area contributed by atoms with Crippen LogP contribution in [0.4, 0.5) is 0 Å². The van der Waals surface area contributed by atoms with Crippen molar-refractivity contribution in [2.45, 2.75) is 37.4 Å². The van der Waals surface area contributed by atoms with Crippen molar-refractivity contribution in [2.75, 3.05) is 18.6 Å². The van der Waals surface area contributed by atoms with Gasteiger partial charge in [-0.25, -0.2) is 4.79 Å². The third-order valence-corrected chi connectivity index (χ3v) is 4.96. The van der Waals surface area contributed by atoms with Crippen LogP contribution in [-0.2, 0) is 30.4 Å². The Bertz CT molecular complexity index is 806. The summed E-state index contributed by atoms with van der Waals surface area (Å²) in [5.74, 6) is -4.13. The van der Waals surface area contributed by atoms with Crippen LogP contribution in [0.2, 0.25) is 0 Å². The molecule has 0 bridgehead atoms. The van der Waals surface area contributed by atoms with Gasteiger partial charge in [0.2, 0.25) is 17.7 Å². The van der Waals surface area contributed by atoms with Crippen molar-refractivity contribution in [1.82, 2.24) is 16.0 Å². The zero-order valence-corrected chi connectivity index (χ0v) is 18.4. The first-order valence-corrected chi connectivity index (χ1v) is 11.1. The van der Waals surface area contributed by atoms with E-state index in [-0.39, 0.29) is 12.8 Å². The van der Waals surface area contributed by atoms with Crippen molar-refractivity contribution in [3.8, 4) is 0 Å². The number of hydrogen-bond acceptors (Lipinski definition) is 7. The van der Waals surface area contributed by atoms with E-state index < -0.39 is 60.8 Å². The van der Waals surface area contributed by atoms with E-state index in [2.05, 4.69) is 16.0 Å². The molecule has 0 aromatic heterocycles. The van der Waals surface area contributed by atoms with Gasteiger partial charge in [0.05, 0.1) is 19.0 Å². The first-order valence-electron chi connectivity index (χ1n) is 9.74. The number of carbonyl (C=O) groups excluding carboxylic acids is 3. The second-order valence-corrected chi connectivity index (χ2v) is 7.90. The number of carboxylic acid groups (broad SMARTS) is 2. The smallest absolute Gasteiger partial charge is 0.326 e. The maximum Gasteiger partial charge on any atom is 0.326 e. The van der Waals surface area contributed by atoms with Gasteiger partial charge in [-0.05, 0) is 24.0 Å². The molecule has 0 fully saturated rings. The van der Waals surface area contributed by atoms with Crippen molar-refractivity contribution in [1.29, 1.82) is 0 Å². The fraction of sp³-hybridized carbons (Fsp3) is 0.450. The Kier molecular flexibility index (Phi) is 11.8. The predicted octanol–water partition coefficient (Wildman–Crippen LogP) is -1.05. The lowest BCUT2D eigenvalue weighted by atomic mass is 10.0. The lowest BCUT2D eigenvalue weighted by Crippen LogP contribution is -2.54. The summed E-state index contributed by atoms with van der Waals surface area (Å²) in [5, 5.41) is 25.1. The minimum absolute atomic E-state index is 0.0747. The van der Waals surface area contributed by atoms with E-state index in [4.69, 9.17) is 10.8 Å². The molecule has 7 N–H and O–H groups in total. The van der Waals surface area contributed by atoms with Crippen molar-refractivity contribution < 1.29 is 34.2 Å². The number of hydrogen-bond donors (Lipinski definition) is 6. The third-order valence-electron chi connectivity index (χ3n) is 4.31. The van der Waals surface area contributed by atoms with E-state index in [0.29, 0.717) is 11.3 Å². The molecule has 0 saturated carbocycles. The summed E-state index contributed by atoms with van der Waals surface area (Å²) in [5.41, 5.74) is 6.27. The molecule has 0 spiro atoms. The van der Waals surface area contributed by atoms with Gasteiger partial charge in [0.25, 0.3) is 0 Å². The largest absolute Gasteiger partial charge is 0.481 e. The molecule has 11 nitrogen and oxygen atoms in total. The highest BCUT2D eigenvalue weighted by Crippen LogP contribution is 2.05. The Balaban J connectivity index is 2.77. The molecule has 176 valence electrons. The van der Waals surface area contributed by atoms with Crippen molar-refractivity contribution in [3.05, 3.63) is 35.9 Å². The summed E-state index contributed by atoms with van der Waals surface area (Å²) in [6.45, 7) is -0.496. The second-order valence-electron chi connectivity index (χ2n) is 6.91. The number of rotatable bonds is 14. The van der Waals surface area contributed by atoms with Gasteiger partial charge in [0.15, 0.2) is 0 Å². The van der Waals surface area contributed by atoms with Gasteiger partial charge in [0.1, 0.15) is 12.1 Å². The van der Waals surface area contributed by atoms with Gasteiger partial charge >= 0.3 is 11.9 Å². The third kappa shape index (κ3) is 10.3. The molecule has 3 atom stereocenters. The van der Waals surface area contributed by atoms with Gasteiger partial charge in [-0.1, -0.05) is 30.3 Å². The summed E-state index contributed by atoms with van der Waals surface area (Å²) in [7, 11) is 0. The van der Waals surface area contributed by atoms with Gasteiger partial charge in [-0.15, -0.1) is 0 Å². The first-order chi connectivity index (χ1) is 15.1. The summed E-state index contributed by atoms with van der Waals surface area (Å²) < 4.78 is 0. The van der Waals surface area contributed by atoms with Crippen LogP contribution in [0.3, 0.4) is 0 Å². The van der Waals surface area contributed by atoms with Crippen molar-refractivity contribution in [2.24, 2.45) is 5.73 Å². The molecule has 0 aliphatic rings. The Labute approximate surface area is 189 Å². The standard InChI is InChI=1S/C20H28N4O7S/c1-32-8-7-14(20(30)31)23-16(25)11-22-19(29)15(9-12-5-3-2-4-6-12)24-18(28)13(21)10-17(26)27/h2-6,13-15H,7-11,21H2,1H3,(H,22,29)(H,23,25)(H,24,28)(H,26,27)(H,30,31). The van der Waals surface area contributed by atoms with Gasteiger partial charge in [-0.3, -0.25) is 19.2 Å². The number of carboxylic acids is 2. The number of amides is 3. The molecule has 1 aromatic carbocycles. The van der Waals surface area contributed by atoms with Crippen molar-refractivity contribution >= 4 is 41.4 Å². The molecule has 0 heterocycles. The Morgan fingerprint density at radius 3 is 2.22 bits per heavy atom. The van der Waals surface area contributed by atoms with Crippen LogP contribution in [0.25, 0.3) is 0 Å². The highest BCUT2D eigenvalue weighted by Gasteiger charge is 2.26. The van der Waals surface area contributed by atoms with Crippen LogP contribution < -0.4 is 21.7 Å². The lowest BCUT2D eigenvalue weighted by molar-refractivity contribution is -0.141. The van der Waals surface area contributed by atoms with Crippen LogP contribution in [-0.4, -0.2) is 76.6 Å². The zero-order valence-electron chi connectivity index (χ0n) is 17.6. The molecule has 32 heavy (non-hydrogen) atoms. The summed E-state index contributed by atoms with van der Waals surface area (Å²) in [6, 6.07) is 5.19. The number of nitrogens with two attached hydrogens (primary N) is 1. The van der Waals surface area contributed by atoms with Gasteiger partial charge < -0.3 is 31.9 Å². The Morgan fingerprint density at radius 2 is 1.66 bits per heavy atom. The molecular formula is C20H28N4O7S. The average molecular weight is 469 g/mol. The molecule has 1 aromatic rings. The molecule has 3 unspecified atom stereocenters. The Morgan fingerprint density at radius 1 is 1.00 bits per heavy atom. The lowest BCUT2D eigenvalue weighted by Gasteiger charge is -2.21. The van der Waals surface area contributed by atoms with Crippen LogP contribution in [0.15, 0.2) is 30.3 Å². The number of thioether (sulfide) groups is 1. The number of nitrogens with one attached hydrogen (secondary N) is 3. The van der Waals surface area contributed by atoms with E-state index in [1.807, 2.05) is 6.26 Å². The minimum atomic E-state index is -1.35. The van der Waals surface area contributed by atoms with Crippen molar-refractivity contribution in [3.63, 3.8) is 0 Å². The molecule has 1 rings (SSSR count). The highest BCUT2D eigenvalue weighted by atomic mass is 32.2. The Hall–Kier alpha value is -3.12. The zero-order chi connectivity index (χ0) is 24.1. The monoisotopic (exact) mass is 468 g/mol. The van der Waals surface area contributed by atoms with E-state index >= 15 is 0 Å². The van der Waals surface area contributed by atoms with Crippen LogP contribution in [0.1, 0.15) is 18.4 Å². The molecule has 0 radical (unpaired) electrons. The van der Waals surface area contributed by atoms with Crippen LogP contribution in [0, 0.1) is 0 Å². The van der Waals surface area contributed by atoms with E-state index in [1.165, 1.54) is 11.8 Å². The maximum atomic E-state index is 12.6. The highest BCUT2D eigenvalue weighted by molar-refractivity contribution is 7.98. The molecular weight excluding hydrogens is 440 g/mol. The molecule has 3 amide bonds. The van der Waals surface area contributed by atoms with E-state index in [0.717, 1.165) is 0 Å². The van der Waals surface area contributed by atoms with E-state index in [1.54, 1.807) is 30.3 Å². The van der Waals surface area contributed by atoms with E-state index in [9.17, 15) is 29.1 Å². The number of benzene rings is 1. The van der Waals surface area contributed by atoms with Crippen LogP contribution >= 0.6 is 11.8 Å². The fourth-order valence-corrected chi connectivity index (χ4v) is 3.12. The summed E-state index contributed by atoms with van der Waals surface area (Å²) >= 11 is 1.44. The predicted molar refractivity (Wildman–Crippen MR) is 118 cm³/mol. The second kappa shape index (κ2) is 14.0.